The highest BCUT2D eigenvalue weighted by atomic mass is 15.1. The van der Waals surface area contributed by atoms with Crippen molar-refractivity contribution >= 4 is 38.6 Å². The lowest BCUT2D eigenvalue weighted by Crippen LogP contribution is -2.28. The average Bonchev–Trinajstić information content (AvgIpc) is 3.63. The molecule has 0 amide bonds. The summed E-state index contributed by atoms with van der Waals surface area (Å²) in [4.78, 5) is 1.98. The minimum absolute atomic E-state index is 0.0182. The predicted molar refractivity (Wildman–Crippen MR) is 244 cm³/mol. The van der Waals surface area contributed by atoms with Crippen molar-refractivity contribution in [2.45, 2.75) is 5.41 Å². The Morgan fingerprint density at radius 2 is 0.983 bits per heavy atom. The molecular weight excluding hydrogens is 699 g/mol. The zero-order valence-corrected chi connectivity index (χ0v) is 31.7. The van der Waals surface area contributed by atoms with Gasteiger partial charge in [0.1, 0.15) is 0 Å². The van der Waals surface area contributed by atoms with Crippen LogP contribution in [0.25, 0.3) is 54.9 Å². The van der Waals surface area contributed by atoms with E-state index in [1.807, 2.05) is 65.6 Å². The van der Waals surface area contributed by atoms with E-state index in [0.717, 1.165) is 71.9 Å². The number of fused-ring (bicyclic) bond motifs is 5. The highest BCUT2D eigenvalue weighted by molar-refractivity contribution is 5.98. The number of nitrogens with zero attached hydrogens (tertiary/aromatic N) is 1. The van der Waals surface area contributed by atoms with E-state index in [1.54, 1.807) is 0 Å². The van der Waals surface area contributed by atoms with Crippen LogP contribution in [0.3, 0.4) is 0 Å². The molecule has 0 heterocycles. The van der Waals surface area contributed by atoms with Crippen molar-refractivity contribution in [2.75, 3.05) is 4.90 Å². The molecule has 0 bridgehead atoms. The van der Waals surface area contributed by atoms with Crippen LogP contribution in [0.2, 0.25) is 0 Å². The third-order valence-electron chi connectivity index (χ3n) is 11.8. The van der Waals surface area contributed by atoms with Crippen molar-refractivity contribution in [2.24, 2.45) is 0 Å². The molecule has 10 aromatic rings. The second-order valence-corrected chi connectivity index (χ2v) is 15.0. The Morgan fingerprint density at radius 3 is 1.81 bits per heavy atom. The molecule has 0 radical (unpaired) electrons. The van der Waals surface area contributed by atoms with Crippen LogP contribution in [0.5, 0.6) is 0 Å². The molecule has 1 aliphatic carbocycles. The molecule has 1 aliphatic rings. The second kappa shape index (κ2) is 13.9. The van der Waals surface area contributed by atoms with Gasteiger partial charge < -0.3 is 4.90 Å². The summed E-state index contributed by atoms with van der Waals surface area (Å²) >= 11 is 0. The smallest absolute Gasteiger partial charge is 0.0714 e. The van der Waals surface area contributed by atoms with Crippen molar-refractivity contribution in [1.29, 1.82) is 0 Å². The molecule has 0 fully saturated rings. The van der Waals surface area contributed by atoms with Crippen LogP contribution in [0.15, 0.2) is 236 Å². The molecule has 272 valence electrons. The summed E-state index contributed by atoms with van der Waals surface area (Å²) in [5, 5.41) is 4.15. The zero-order chi connectivity index (χ0) is 42.0. The van der Waals surface area contributed by atoms with Gasteiger partial charge >= 0.3 is 0 Å². The van der Waals surface area contributed by atoms with Crippen molar-refractivity contribution in [3.05, 3.63) is 259 Å². The number of hydrogen-bond acceptors (Lipinski definition) is 1. The Morgan fingerprint density at radius 1 is 0.362 bits per heavy atom. The molecule has 1 nitrogen and oxygen atoms in total. The maximum atomic E-state index is 10.1. The molecule has 0 saturated heterocycles. The van der Waals surface area contributed by atoms with Crippen LogP contribution < -0.4 is 4.90 Å². The molecule has 1 heteroatoms. The van der Waals surface area contributed by atoms with Gasteiger partial charge in [-0.2, -0.15) is 0 Å². The second-order valence-electron chi connectivity index (χ2n) is 15.0. The monoisotopic (exact) mass is 741 g/mol. The Kier molecular flexibility index (Phi) is 7.14. The summed E-state index contributed by atoms with van der Waals surface area (Å²) in [5.74, 6) is 0. The Hall–Kier alpha value is -7.48. The van der Waals surface area contributed by atoms with E-state index in [-0.39, 0.29) is 29.9 Å². The Bertz CT molecular complexity index is 3320. The van der Waals surface area contributed by atoms with Gasteiger partial charge in [0.2, 0.25) is 0 Å². The molecule has 0 N–H and O–H groups in total. The molecule has 0 aromatic heterocycles. The van der Waals surface area contributed by atoms with Gasteiger partial charge in [0.25, 0.3) is 0 Å². The molecule has 0 unspecified atom stereocenters. The maximum absolute atomic E-state index is 10.1. The first-order valence-corrected chi connectivity index (χ1v) is 19.8. The summed E-state index contributed by atoms with van der Waals surface area (Å²) in [6, 6.07) is 72.8. The van der Waals surface area contributed by atoms with Crippen LogP contribution in [-0.4, -0.2) is 0 Å². The lowest BCUT2D eigenvalue weighted by Gasteiger charge is -2.35. The van der Waals surface area contributed by atoms with E-state index in [4.69, 9.17) is 0 Å². The van der Waals surface area contributed by atoms with Gasteiger partial charge in [-0.3, -0.25) is 0 Å². The molecule has 0 aliphatic heterocycles. The third kappa shape index (κ3) is 5.47. The van der Waals surface area contributed by atoms with Crippen molar-refractivity contribution in [1.82, 2.24) is 0 Å². The van der Waals surface area contributed by atoms with Crippen LogP contribution in [-0.2, 0) is 5.41 Å². The standard InChI is InChI=1S/C57H39N/c1-3-22-46(23-4-1)57(47-24-5-2-6-25-47)55-31-12-11-29-53(55)54-35-34-50(39-56(54)57)58(48-26-13-20-43(37-48)44-33-32-40-16-7-8-18-42(40)36-44)49-27-14-21-45(38-49)52-30-15-19-41-17-9-10-28-51(41)52/h1-39H/i14D,21D,27D,38D. The third-order valence-corrected chi connectivity index (χ3v) is 11.8. The van der Waals surface area contributed by atoms with E-state index in [0.29, 0.717) is 11.1 Å². The van der Waals surface area contributed by atoms with Gasteiger partial charge in [-0.25, -0.2) is 0 Å². The zero-order valence-electron chi connectivity index (χ0n) is 35.7. The molecule has 0 atom stereocenters. The largest absolute Gasteiger partial charge is 0.310 e. The first-order valence-electron chi connectivity index (χ1n) is 21.8. The fourth-order valence-corrected chi connectivity index (χ4v) is 9.20. The summed E-state index contributed by atoms with van der Waals surface area (Å²) < 4.78 is 38.5. The van der Waals surface area contributed by atoms with Gasteiger partial charge in [0, 0.05) is 17.1 Å². The van der Waals surface area contributed by atoms with E-state index in [1.165, 1.54) is 5.56 Å². The number of rotatable bonds is 7. The molecule has 58 heavy (non-hydrogen) atoms. The Balaban J connectivity index is 1.21. The lowest BCUT2D eigenvalue weighted by molar-refractivity contribution is 0.768. The summed E-state index contributed by atoms with van der Waals surface area (Å²) in [5.41, 5.74) is 10.9. The van der Waals surface area contributed by atoms with Crippen LogP contribution in [0, 0.1) is 0 Å². The van der Waals surface area contributed by atoms with E-state index < -0.39 is 5.41 Å². The van der Waals surface area contributed by atoms with Gasteiger partial charge in [0.05, 0.1) is 10.9 Å². The molecule has 11 rings (SSSR count). The molecule has 0 saturated carbocycles. The highest BCUT2D eigenvalue weighted by Gasteiger charge is 2.46. The highest BCUT2D eigenvalue weighted by Crippen LogP contribution is 2.57. The van der Waals surface area contributed by atoms with E-state index in [2.05, 4.69) is 152 Å². The summed E-state index contributed by atoms with van der Waals surface area (Å²) in [6.07, 6.45) is 0. The average molecular weight is 742 g/mol. The van der Waals surface area contributed by atoms with Crippen molar-refractivity contribution in [3.8, 4) is 33.4 Å². The molecular formula is C57H39N. The SMILES string of the molecule is [2H]c1c([2H])c(-c2cccc3ccccc23)c([2H])c(N(c2cccc(-c3ccc4ccccc4c3)c2)c2ccc3c(c2)C(c2ccccc2)(c2ccccc2)c2ccccc2-3)c1[2H]. The normalized spacial score (nSPS) is 13.6. The van der Waals surface area contributed by atoms with Crippen LogP contribution >= 0.6 is 0 Å². The number of anilines is 3. The van der Waals surface area contributed by atoms with E-state index >= 15 is 0 Å². The predicted octanol–water partition coefficient (Wildman–Crippen LogP) is 15.2. The number of hydrogen-bond donors (Lipinski definition) is 0. The fourth-order valence-electron chi connectivity index (χ4n) is 9.20. The maximum Gasteiger partial charge on any atom is 0.0714 e. The van der Waals surface area contributed by atoms with Crippen LogP contribution in [0.4, 0.5) is 17.1 Å². The lowest BCUT2D eigenvalue weighted by atomic mass is 9.67. The van der Waals surface area contributed by atoms with Crippen LogP contribution in [0.1, 0.15) is 27.7 Å². The molecule has 0 spiro atoms. The first-order chi connectivity index (χ1) is 30.4. The Labute approximate surface area is 345 Å². The summed E-state index contributed by atoms with van der Waals surface area (Å²) in [6.45, 7) is 0. The summed E-state index contributed by atoms with van der Waals surface area (Å²) in [7, 11) is 0. The quantitative estimate of drug-likeness (QED) is 0.157. The van der Waals surface area contributed by atoms with Crippen molar-refractivity contribution < 1.29 is 5.48 Å². The van der Waals surface area contributed by atoms with Gasteiger partial charge in [-0.1, -0.05) is 194 Å². The number of benzene rings is 10. The molecule has 10 aromatic carbocycles. The van der Waals surface area contributed by atoms with Gasteiger partial charge in [0.15, 0.2) is 0 Å². The first kappa shape index (κ1) is 29.8. The topological polar surface area (TPSA) is 3.24 Å². The van der Waals surface area contributed by atoms with E-state index in [9.17, 15) is 5.48 Å². The minimum atomic E-state index is -0.684. The minimum Gasteiger partial charge on any atom is -0.310 e. The van der Waals surface area contributed by atoms with Crippen molar-refractivity contribution in [3.63, 3.8) is 0 Å². The van der Waals surface area contributed by atoms with Gasteiger partial charge in [-0.05, 0) is 120 Å². The van der Waals surface area contributed by atoms with Gasteiger partial charge in [-0.15, -0.1) is 0 Å². The fraction of sp³-hybridized carbons (Fsp3) is 0.0175.